The first-order chi connectivity index (χ1) is 9.29. The van der Waals surface area contributed by atoms with Crippen molar-refractivity contribution in [3.05, 3.63) is 64.9 Å². The topological polar surface area (TPSA) is 24.9 Å². The van der Waals surface area contributed by atoms with Crippen LogP contribution in [0.25, 0.3) is 0 Å². The van der Waals surface area contributed by atoms with E-state index in [9.17, 15) is 0 Å². The molecule has 1 N–H and O–H groups in total. The lowest BCUT2D eigenvalue weighted by molar-refractivity contribution is 0.520. The molecule has 1 atom stereocenters. The molecule has 1 aromatic carbocycles. The molecular weight excluding hydrogens is 256 g/mol. The van der Waals surface area contributed by atoms with Crippen molar-refractivity contribution in [1.82, 2.24) is 10.3 Å². The highest BCUT2D eigenvalue weighted by Gasteiger charge is 2.09. The third-order valence-electron chi connectivity index (χ3n) is 3.36. The summed E-state index contributed by atoms with van der Waals surface area (Å²) in [6.45, 7) is 0. The van der Waals surface area contributed by atoms with Crippen LogP contribution in [0, 0.1) is 0 Å². The van der Waals surface area contributed by atoms with Crippen LogP contribution in [0.3, 0.4) is 0 Å². The molecule has 100 valence electrons. The van der Waals surface area contributed by atoms with Crippen molar-refractivity contribution in [2.75, 3.05) is 7.05 Å². The number of pyridine rings is 1. The Morgan fingerprint density at radius 1 is 1.21 bits per heavy atom. The van der Waals surface area contributed by atoms with Gasteiger partial charge in [0.25, 0.3) is 0 Å². The van der Waals surface area contributed by atoms with Crippen molar-refractivity contribution in [3.63, 3.8) is 0 Å². The van der Waals surface area contributed by atoms with Gasteiger partial charge in [0, 0.05) is 18.4 Å². The summed E-state index contributed by atoms with van der Waals surface area (Å²) in [4.78, 5) is 4.02. The first-order valence-corrected chi connectivity index (χ1v) is 6.97. The molecule has 19 heavy (non-hydrogen) atoms. The van der Waals surface area contributed by atoms with Crippen molar-refractivity contribution in [2.45, 2.75) is 25.3 Å². The molecule has 2 aromatic rings. The zero-order valence-corrected chi connectivity index (χ0v) is 11.9. The molecule has 0 saturated heterocycles. The van der Waals surface area contributed by atoms with E-state index in [2.05, 4.69) is 40.6 Å². The van der Waals surface area contributed by atoms with Crippen molar-refractivity contribution in [1.29, 1.82) is 0 Å². The number of hydrogen-bond donors (Lipinski definition) is 1. The molecule has 1 aromatic heterocycles. The highest BCUT2D eigenvalue weighted by atomic mass is 35.5. The molecule has 0 spiro atoms. The lowest BCUT2D eigenvalue weighted by Gasteiger charge is -2.16. The molecule has 0 aliphatic carbocycles. The maximum atomic E-state index is 6.15. The van der Waals surface area contributed by atoms with Gasteiger partial charge < -0.3 is 5.32 Å². The quantitative estimate of drug-likeness (QED) is 0.872. The predicted molar refractivity (Wildman–Crippen MR) is 80.6 cm³/mol. The molecule has 0 amide bonds. The molecule has 2 rings (SSSR count). The second-order valence-electron chi connectivity index (χ2n) is 4.68. The Hall–Kier alpha value is -1.38. The fourth-order valence-electron chi connectivity index (χ4n) is 2.17. The second kappa shape index (κ2) is 7.27. The van der Waals surface area contributed by atoms with E-state index in [-0.39, 0.29) is 0 Å². The Labute approximate surface area is 119 Å². The maximum absolute atomic E-state index is 6.15. The molecule has 0 bridgehead atoms. The van der Waals surface area contributed by atoms with Gasteiger partial charge in [-0.1, -0.05) is 41.9 Å². The zero-order chi connectivity index (χ0) is 13.5. The Kier molecular flexibility index (Phi) is 5.37. The molecule has 0 saturated carbocycles. The van der Waals surface area contributed by atoms with Crippen LogP contribution in [0.15, 0.2) is 48.8 Å². The fourth-order valence-corrected chi connectivity index (χ4v) is 2.37. The summed E-state index contributed by atoms with van der Waals surface area (Å²) in [6, 6.07) is 13.0. The van der Waals surface area contributed by atoms with Crippen LogP contribution in [0.4, 0.5) is 0 Å². The summed E-state index contributed by atoms with van der Waals surface area (Å²) in [5.74, 6) is 0. The van der Waals surface area contributed by atoms with E-state index < -0.39 is 0 Å². The Morgan fingerprint density at radius 3 is 2.68 bits per heavy atom. The lowest BCUT2D eigenvalue weighted by Crippen LogP contribution is -2.28. The Balaban J connectivity index is 1.92. The van der Waals surface area contributed by atoms with Gasteiger partial charge in [-0.3, -0.25) is 4.98 Å². The smallest absolute Gasteiger partial charge is 0.0621 e. The highest BCUT2D eigenvalue weighted by Crippen LogP contribution is 2.17. The van der Waals surface area contributed by atoms with E-state index in [4.69, 9.17) is 11.6 Å². The van der Waals surface area contributed by atoms with E-state index in [1.807, 2.05) is 13.1 Å². The van der Waals surface area contributed by atoms with Crippen LogP contribution < -0.4 is 5.32 Å². The van der Waals surface area contributed by atoms with Crippen molar-refractivity contribution < 1.29 is 0 Å². The first kappa shape index (κ1) is 14.0. The zero-order valence-electron chi connectivity index (χ0n) is 11.1. The average molecular weight is 275 g/mol. The minimum Gasteiger partial charge on any atom is -0.317 e. The van der Waals surface area contributed by atoms with Crippen LogP contribution in [-0.4, -0.2) is 18.1 Å². The number of nitrogens with zero attached hydrogens (tertiary/aromatic N) is 1. The van der Waals surface area contributed by atoms with Gasteiger partial charge in [0.2, 0.25) is 0 Å². The summed E-state index contributed by atoms with van der Waals surface area (Å²) in [6.07, 6.45) is 6.62. The number of likely N-dealkylation sites (N-methyl/N-ethyl adjacent to an activating group) is 1. The number of halogens is 1. The number of rotatable bonds is 6. The van der Waals surface area contributed by atoms with Crippen LogP contribution in [-0.2, 0) is 12.8 Å². The number of benzene rings is 1. The van der Waals surface area contributed by atoms with Crippen LogP contribution >= 0.6 is 11.6 Å². The third kappa shape index (κ3) is 4.34. The maximum Gasteiger partial charge on any atom is 0.0621 e. The number of aromatic nitrogens is 1. The summed E-state index contributed by atoms with van der Waals surface area (Å²) < 4.78 is 0. The Bertz CT molecular complexity index is 499. The van der Waals surface area contributed by atoms with Crippen LogP contribution in [0.2, 0.25) is 5.02 Å². The van der Waals surface area contributed by atoms with Gasteiger partial charge in [-0.15, -0.1) is 0 Å². The standard InChI is InChI=1S/C16H19ClN2/c1-18-15(8-7-13-5-3-2-4-6-13)11-14-9-10-19-12-16(14)17/h2-6,9-10,12,15,18H,7-8,11H2,1H3. The molecular formula is C16H19ClN2. The molecule has 0 aliphatic rings. The van der Waals surface area contributed by atoms with E-state index >= 15 is 0 Å². The molecule has 2 nitrogen and oxygen atoms in total. The van der Waals surface area contributed by atoms with Crippen LogP contribution in [0.5, 0.6) is 0 Å². The van der Waals surface area contributed by atoms with Crippen molar-refractivity contribution in [3.8, 4) is 0 Å². The average Bonchev–Trinajstić information content (AvgIpc) is 2.46. The van der Waals surface area contributed by atoms with E-state index in [1.165, 1.54) is 5.56 Å². The monoisotopic (exact) mass is 274 g/mol. The molecule has 0 aliphatic heterocycles. The fraction of sp³-hybridized carbons (Fsp3) is 0.312. The van der Waals surface area contributed by atoms with E-state index in [1.54, 1.807) is 12.4 Å². The SMILES string of the molecule is CNC(CCc1ccccc1)Cc1ccncc1Cl. The summed E-state index contributed by atoms with van der Waals surface area (Å²) >= 11 is 6.15. The molecule has 3 heteroatoms. The predicted octanol–water partition coefficient (Wildman–Crippen LogP) is 3.50. The number of hydrogen-bond acceptors (Lipinski definition) is 2. The first-order valence-electron chi connectivity index (χ1n) is 6.59. The highest BCUT2D eigenvalue weighted by molar-refractivity contribution is 6.31. The minimum atomic E-state index is 0.431. The molecule has 1 heterocycles. The summed E-state index contributed by atoms with van der Waals surface area (Å²) in [5, 5.41) is 4.12. The number of aryl methyl sites for hydroxylation is 1. The minimum absolute atomic E-state index is 0.431. The van der Waals surface area contributed by atoms with E-state index in [0.29, 0.717) is 6.04 Å². The summed E-state index contributed by atoms with van der Waals surface area (Å²) in [5.41, 5.74) is 2.53. The largest absolute Gasteiger partial charge is 0.317 e. The Morgan fingerprint density at radius 2 is 2.00 bits per heavy atom. The number of nitrogens with one attached hydrogen (secondary N) is 1. The van der Waals surface area contributed by atoms with Crippen molar-refractivity contribution in [2.24, 2.45) is 0 Å². The lowest BCUT2D eigenvalue weighted by atomic mass is 10.00. The van der Waals surface area contributed by atoms with E-state index in [0.717, 1.165) is 29.8 Å². The summed E-state index contributed by atoms with van der Waals surface area (Å²) in [7, 11) is 2.00. The van der Waals surface area contributed by atoms with Gasteiger partial charge in [-0.05, 0) is 43.5 Å². The van der Waals surface area contributed by atoms with Crippen LogP contribution in [0.1, 0.15) is 17.5 Å². The molecule has 0 fully saturated rings. The molecule has 1 unspecified atom stereocenters. The van der Waals surface area contributed by atoms with Gasteiger partial charge in [0.05, 0.1) is 5.02 Å². The van der Waals surface area contributed by atoms with Gasteiger partial charge in [0.15, 0.2) is 0 Å². The normalized spacial score (nSPS) is 12.3. The van der Waals surface area contributed by atoms with Gasteiger partial charge in [-0.2, -0.15) is 0 Å². The molecule has 0 radical (unpaired) electrons. The van der Waals surface area contributed by atoms with Gasteiger partial charge in [-0.25, -0.2) is 0 Å². The second-order valence-corrected chi connectivity index (χ2v) is 5.09. The van der Waals surface area contributed by atoms with Crippen molar-refractivity contribution >= 4 is 11.6 Å². The van der Waals surface area contributed by atoms with Gasteiger partial charge >= 0.3 is 0 Å². The van der Waals surface area contributed by atoms with Gasteiger partial charge in [0.1, 0.15) is 0 Å². The third-order valence-corrected chi connectivity index (χ3v) is 3.70.